The zero-order valence-electron chi connectivity index (χ0n) is 27.4. The van der Waals surface area contributed by atoms with E-state index in [1.807, 2.05) is 67.7 Å². The van der Waals surface area contributed by atoms with Gasteiger partial charge in [-0.05, 0) is 74.8 Å². The van der Waals surface area contributed by atoms with Crippen molar-refractivity contribution in [2.75, 3.05) is 36.6 Å². The number of likely N-dealkylation sites (N-methyl/N-ethyl adjacent to an activating group) is 1. The minimum Gasteiger partial charge on any atom is -0.393 e. The van der Waals surface area contributed by atoms with Crippen molar-refractivity contribution in [1.29, 1.82) is 0 Å². The Labute approximate surface area is 275 Å². The highest BCUT2D eigenvalue weighted by molar-refractivity contribution is 6.02. The Morgan fingerprint density at radius 2 is 1.89 bits per heavy atom. The Morgan fingerprint density at radius 1 is 1.09 bits per heavy atom. The van der Waals surface area contributed by atoms with E-state index in [1.54, 1.807) is 16.8 Å². The van der Waals surface area contributed by atoms with Crippen molar-refractivity contribution < 1.29 is 9.90 Å². The Bertz CT molecular complexity index is 1890. The van der Waals surface area contributed by atoms with Gasteiger partial charge in [0.15, 0.2) is 5.65 Å². The van der Waals surface area contributed by atoms with Gasteiger partial charge in [-0.3, -0.25) is 9.78 Å². The van der Waals surface area contributed by atoms with E-state index >= 15 is 0 Å². The summed E-state index contributed by atoms with van der Waals surface area (Å²) in [6.07, 6.45) is 10.1. The van der Waals surface area contributed by atoms with Crippen LogP contribution in [0.15, 0.2) is 73.1 Å². The van der Waals surface area contributed by atoms with Gasteiger partial charge in [0.1, 0.15) is 0 Å². The molecule has 3 heterocycles. The third kappa shape index (κ3) is 7.58. The number of hydrogen-bond acceptors (Lipinski definition) is 9. The average molecular weight is 634 g/mol. The van der Waals surface area contributed by atoms with E-state index < -0.39 is 0 Å². The van der Waals surface area contributed by atoms with Crippen molar-refractivity contribution in [2.24, 2.45) is 0 Å². The van der Waals surface area contributed by atoms with Gasteiger partial charge in [0.25, 0.3) is 0 Å². The Kier molecular flexibility index (Phi) is 9.74. The molecular formula is C36H43N9O2. The molecule has 0 radical (unpaired) electrons. The predicted octanol–water partition coefficient (Wildman–Crippen LogP) is 5.85. The molecule has 0 bridgehead atoms. The molecule has 4 N–H and O–H groups in total. The molecule has 6 rings (SSSR count). The summed E-state index contributed by atoms with van der Waals surface area (Å²) < 4.78 is 1.77. The van der Waals surface area contributed by atoms with E-state index in [0.717, 1.165) is 70.2 Å². The molecule has 3 aromatic heterocycles. The number of nitrogens with zero attached hydrogens (tertiary/aromatic N) is 6. The summed E-state index contributed by atoms with van der Waals surface area (Å²) in [4.78, 5) is 29.0. The van der Waals surface area contributed by atoms with Gasteiger partial charge >= 0.3 is 0 Å². The molecule has 5 aromatic rings. The molecular weight excluding hydrogens is 590 g/mol. The molecule has 0 atom stereocenters. The summed E-state index contributed by atoms with van der Waals surface area (Å²) in [6.45, 7) is 5.45. The molecule has 1 fully saturated rings. The van der Waals surface area contributed by atoms with E-state index in [1.165, 1.54) is 0 Å². The Hall–Kier alpha value is -4.87. The number of nitrogens with one attached hydrogen (secondary N) is 3. The quantitative estimate of drug-likeness (QED) is 0.132. The number of aromatic nitrogens is 5. The van der Waals surface area contributed by atoms with Crippen LogP contribution in [-0.2, 0) is 11.3 Å². The SMILES string of the molecule is CC(C)c1cnn2c(NCc3ccccc3-c3nccc4cc(NC(=O)/C=C/CN(C)C)ccc34)nc(NC3CCC(O)CC3)nc12. The Morgan fingerprint density at radius 3 is 2.68 bits per heavy atom. The first-order valence-electron chi connectivity index (χ1n) is 16.3. The van der Waals surface area contributed by atoms with E-state index in [4.69, 9.17) is 15.0 Å². The van der Waals surface area contributed by atoms with Crippen molar-refractivity contribution in [1.82, 2.24) is 29.5 Å². The summed E-state index contributed by atoms with van der Waals surface area (Å²) in [7, 11) is 3.92. The third-order valence-corrected chi connectivity index (χ3v) is 8.53. The van der Waals surface area contributed by atoms with Crippen LogP contribution in [0.1, 0.15) is 56.6 Å². The second-order valence-corrected chi connectivity index (χ2v) is 12.8. The largest absolute Gasteiger partial charge is 0.393 e. The van der Waals surface area contributed by atoms with Crippen molar-refractivity contribution in [3.8, 4) is 11.3 Å². The summed E-state index contributed by atoms with van der Waals surface area (Å²) in [5.74, 6) is 1.24. The highest BCUT2D eigenvalue weighted by atomic mass is 16.3. The van der Waals surface area contributed by atoms with Crippen molar-refractivity contribution in [3.63, 3.8) is 0 Å². The lowest BCUT2D eigenvalue weighted by molar-refractivity contribution is -0.111. The fourth-order valence-corrected chi connectivity index (χ4v) is 5.99. The number of pyridine rings is 1. The molecule has 2 aromatic carbocycles. The fraction of sp³-hybridized carbons (Fsp3) is 0.361. The van der Waals surface area contributed by atoms with Crippen LogP contribution in [0, 0.1) is 0 Å². The van der Waals surface area contributed by atoms with Gasteiger partial charge in [0.2, 0.25) is 17.8 Å². The topological polar surface area (TPSA) is 133 Å². The number of aliphatic hydroxyl groups excluding tert-OH is 1. The molecule has 0 spiro atoms. The Balaban J connectivity index is 1.26. The monoisotopic (exact) mass is 633 g/mol. The van der Waals surface area contributed by atoms with Gasteiger partial charge in [-0.1, -0.05) is 50.3 Å². The zero-order chi connectivity index (χ0) is 32.9. The number of rotatable bonds is 11. The van der Waals surface area contributed by atoms with Gasteiger partial charge < -0.3 is 26.0 Å². The van der Waals surface area contributed by atoms with Crippen molar-refractivity contribution >= 4 is 39.9 Å². The smallest absolute Gasteiger partial charge is 0.248 e. The maximum absolute atomic E-state index is 12.4. The van der Waals surface area contributed by atoms with Crippen LogP contribution in [0.2, 0.25) is 0 Å². The van der Waals surface area contributed by atoms with Gasteiger partial charge in [0.05, 0.1) is 18.0 Å². The molecule has 0 unspecified atom stereocenters. The minimum absolute atomic E-state index is 0.163. The molecule has 0 aliphatic heterocycles. The second kappa shape index (κ2) is 14.3. The van der Waals surface area contributed by atoms with Crippen LogP contribution >= 0.6 is 0 Å². The summed E-state index contributed by atoms with van der Waals surface area (Å²) in [5.41, 5.74) is 5.47. The van der Waals surface area contributed by atoms with Crippen LogP contribution in [0.25, 0.3) is 27.7 Å². The molecule has 1 amide bonds. The number of fused-ring (bicyclic) bond motifs is 2. The standard InChI is InChI=1S/C36H43N9O2/c1-23(2)31-22-39-45-34(31)42-35(41-26-11-14-28(46)15-12-26)43-36(45)38-21-25-8-5-6-9-29(25)33-30-16-13-27(20-24(30)17-18-37-33)40-32(47)10-7-19-44(3)4/h5-10,13,16-18,20,22-23,26,28,46H,11-12,14-15,19,21H2,1-4H3,(H,40,47)(H2,38,41,42,43)/b10-7+. The van der Waals surface area contributed by atoms with Crippen LogP contribution in [0.5, 0.6) is 0 Å². The van der Waals surface area contributed by atoms with Crippen LogP contribution < -0.4 is 16.0 Å². The maximum Gasteiger partial charge on any atom is 0.248 e. The van der Waals surface area contributed by atoms with Gasteiger partial charge in [-0.15, -0.1) is 0 Å². The summed E-state index contributed by atoms with van der Waals surface area (Å²) in [5, 5.41) is 26.6. The molecule has 1 aliphatic carbocycles. The fourth-order valence-electron chi connectivity index (χ4n) is 5.99. The highest BCUT2D eigenvalue weighted by Gasteiger charge is 2.22. The molecule has 11 nitrogen and oxygen atoms in total. The van der Waals surface area contributed by atoms with Gasteiger partial charge in [-0.25, -0.2) is 0 Å². The summed E-state index contributed by atoms with van der Waals surface area (Å²) >= 11 is 0. The number of aliphatic hydroxyl groups is 1. The number of carbonyl (C=O) groups excluding carboxylic acids is 1. The maximum atomic E-state index is 12.4. The number of benzene rings is 2. The van der Waals surface area contributed by atoms with Gasteiger partial charge in [-0.2, -0.15) is 19.6 Å². The minimum atomic E-state index is -0.226. The molecule has 244 valence electrons. The lowest BCUT2D eigenvalue weighted by Crippen LogP contribution is -2.29. The van der Waals surface area contributed by atoms with Crippen molar-refractivity contribution in [3.05, 3.63) is 84.2 Å². The number of anilines is 3. The lowest BCUT2D eigenvalue weighted by Gasteiger charge is -2.26. The van der Waals surface area contributed by atoms with E-state index in [-0.39, 0.29) is 24.0 Å². The van der Waals surface area contributed by atoms with Crippen molar-refractivity contribution in [2.45, 2.75) is 64.1 Å². The first-order chi connectivity index (χ1) is 22.7. The average Bonchev–Trinajstić information content (AvgIpc) is 3.49. The molecule has 11 heteroatoms. The first kappa shape index (κ1) is 32.1. The molecule has 1 aliphatic rings. The summed E-state index contributed by atoms with van der Waals surface area (Å²) in [6, 6.07) is 16.3. The van der Waals surface area contributed by atoms with Gasteiger partial charge in [0, 0.05) is 53.6 Å². The first-order valence-corrected chi connectivity index (χ1v) is 16.3. The third-order valence-electron chi connectivity index (χ3n) is 8.53. The second-order valence-electron chi connectivity index (χ2n) is 12.8. The number of carbonyl (C=O) groups is 1. The number of amides is 1. The van der Waals surface area contributed by atoms with E-state index in [9.17, 15) is 9.90 Å². The van der Waals surface area contributed by atoms with Crippen LogP contribution in [-0.4, -0.2) is 73.3 Å². The normalized spacial score (nSPS) is 16.8. The van der Waals surface area contributed by atoms with Crippen LogP contribution in [0.3, 0.4) is 0 Å². The van der Waals surface area contributed by atoms with E-state index in [2.05, 4.69) is 47.0 Å². The van der Waals surface area contributed by atoms with Crippen LogP contribution in [0.4, 0.5) is 17.6 Å². The number of hydrogen-bond donors (Lipinski definition) is 4. The molecule has 1 saturated carbocycles. The zero-order valence-corrected chi connectivity index (χ0v) is 27.4. The molecule has 47 heavy (non-hydrogen) atoms. The highest BCUT2D eigenvalue weighted by Crippen LogP contribution is 2.31. The lowest BCUT2D eigenvalue weighted by atomic mass is 9.93. The van der Waals surface area contributed by atoms with E-state index in [0.29, 0.717) is 25.0 Å². The molecule has 0 saturated heterocycles. The predicted molar refractivity (Wildman–Crippen MR) is 188 cm³/mol.